The highest BCUT2D eigenvalue weighted by atomic mass is 19.1. The number of methoxy groups -OCH3 is 2. The van der Waals surface area contributed by atoms with Gasteiger partial charge in [-0.1, -0.05) is 0 Å². The average Bonchev–Trinajstić information content (AvgIpc) is 2.27. The Labute approximate surface area is 93.2 Å². The Morgan fingerprint density at radius 2 is 2.00 bits per heavy atom. The number of nitrogens with two attached hydrogens (primary N) is 1. The molecule has 4 nitrogen and oxygen atoms in total. The number of hydrogen-bond donors (Lipinski definition) is 1. The van der Waals surface area contributed by atoms with Gasteiger partial charge in [-0.25, -0.2) is 4.39 Å². The molecule has 88 valence electrons. The number of halogens is 1. The van der Waals surface area contributed by atoms with Crippen LogP contribution >= 0.6 is 0 Å². The van der Waals surface area contributed by atoms with E-state index in [1.54, 1.807) is 0 Å². The first-order chi connectivity index (χ1) is 7.52. The first kappa shape index (κ1) is 12.4. The molecule has 0 saturated heterocycles. The fraction of sp³-hybridized carbons (Fsp3) is 0.364. The first-order valence-electron chi connectivity index (χ1n) is 4.73. The second-order valence-corrected chi connectivity index (χ2v) is 3.31. The van der Waals surface area contributed by atoms with Crippen molar-refractivity contribution in [1.82, 2.24) is 0 Å². The van der Waals surface area contributed by atoms with E-state index in [2.05, 4.69) is 0 Å². The SMILES string of the molecule is COc1ccc(F)c(C(=O)C(C)N)c1OC. The van der Waals surface area contributed by atoms with Crippen LogP contribution < -0.4 is 15.2 Å². The van der Waals surface area contributed by atoms with E-state index in [0.29, 0.717) is 5.75 Å². The van der Waals surface area contributed by atoms with Gasteiger partial charge < -0.3 is 15.2 Å². The molecule has 0 fully saturated rings. The summed E-state index contributed by atoms with van der Waals surface area (Å²) in [5.74, 6) is -0.814. The van der Waals surface area contributed by atoms with Crippen molar-refractivity contribution < 1.29 is 18.7 Å². The molecule has 0 bridgehead atoms. The molecular weight excluding hydrogens is 213 g/mol. The van der Waals surface area contributed by atoms with E-state index in [9.17, 15) is 9.18 Å². The van der Waals surface area contributed by atoms with Crippen molar-refractivity contribution in [3.05, 3.63) is 23.5 Å². The Balaban J connectivity index is 3.40. The fourth-order valence-electron chi connectivity index (χ4n) is 1.36. The third-order valence-corrected chi connectivity index (χ3v) is 2.15. The summed E-state index contributed by atoms with van der Waals surface area (Å²) in [5.41, 5.74) is 5.27. The lowest BCUT2D eigenvalue weighted by Crippen LogP contribution is -2.28. The van der Waals surface area contributed by atoms with E-state index in [4.69, 9.17) is 15.2 Å². The molecule has 0 heterocycles. The molecule has 1 rings (SSSR count). The van der Waals surface area contributed by atoms with E-state index in [1.807, 2.05) is 0 Å². The predicted molar refractivity (Wildman–Crippen MR) is 57.5 cm³/mol. The Bertz CT molecular complexity index is 404. The summed E-state index contributed by atoms with van der Waals surface area (Å²) in [6, 6.07) is 1.75. The zero-order chi connectivity index (χ0) is 12.3. The van der Waals surface area contributed by atoms with Gasteiger partial charge in [-0.05, 0) is 19.1 Å². The number of hydrogen-bond acceptors (Lipinski definition) is 4. The molecular formula is C11H14FNO3. The molecule has 0 aromatic heterocycles. The molecule has 0 spiro atoms. The van der Waals surface area contributed by atoms with Crippen LogP contribution in [-0.4, -0.2) is 26.0 Å². The summed E-state index contributed by atoms with van der Waals surface area (Å²) >= 11 is 0. The summed E-state index contributed by atoms with van der Waals surface area (Å²) in [5, 5.41) is 0. The Hall–Kier alpha value is -1.62. The molecule has 0 radical (unpaired) electrons. The van der Waals surface area contributed by atoms with E-state index in [-0.39, 0.29) is 11.3 Å². The van der Waals surface area contributed by atoms with Crippen LogP contribution in [0, 0.1) is 5.82 Å². The highest BCUT2D eigenvalue weighted by Gasteiger charge is 2.23. The van der Waals surface area contributed by atoms with Crippen molar-refractivity contribution in [3.63, 3.8) is 0 Å². The number of Topliss-reactive ketones (excluding diaryl/α,β-unsaturated/α-hetero) is 1. The largest absolute Gasteiger partial charge is 0.493 e. The summed E-state index contributed by atoms with van der Waals surface area (Å²) in [6.07, 6.45) is 0. The highest BCUT2D eigenvalue weighted by molar-refractivity contribution is 6.03. The highest BCUT2D eigenvalue weighted by Crippen LogP contribution is 2.33. The standard InChI is InChI=1S/C11H14FNO3/c1-6(13)10(14)9-7(12)4-5-8(15-2)11(9)16-3/h4-6H,13H2,1-3H3. The Kier molecular flexibility index (Phi) is 3.84. The van der Waals surface area contributed by atoms with Crippen molar-refractivity contribution in [2.45, 2.75) is 13.0 Å². The number of rotatable bonds is 4. The molecule has 1 atom stereocenters. The molecule has 0 aliphatic carbocycles. The number of carbonyl (C=O) groups excluding carboxylic acids is 1. The minimum atomic E-state index is -0.796. The van der Waals surface area contributed by atoms with Crippen molar-refractivity contribution in [3.8, 4) is 11.5 Å². The van der Waals surface area contributed by atoms with Gasteiger partial charge in [-0.2, -0.15) is 0 Å². The zero-order valence-corrected chi connectivity index (χ0v) is 9.41. The van der Waals surface area contributed by atoms with Gasteiger partial charge in [-0.15, -0.1) is 0 Å². The van der Waals surface area contributed by atoms with Gasteiger partial charge in [0.05, 0.1) is 20.3 Å². The number of ether oxygens (including phenoxy) is 2. The van der Waals surface area contributed by atoms with E-state index >= 15 is 0 Å². The topological polar surface area (TPSA) is 61.5 Å². The summed E-state index contributed by atoms with van der Waals surface area (Å²) in [6.45, 7) is 1.49. The van der Waals surface area contributed by atoms with Gasteiger partial charge in [0, 0.05) is 0 Å². The molecule has 16 heavy (non-hydrogen) atoms. The van der Waals surface area contributed by atoms with Crippen LogP contribution in [0.15, 0.2) is 12.1 Å². The molecule has 0 amide bonds. The molecule has 1 aromatic carbocycles. The zero-order valence-electron chi connectivity index (χ0n) is 9.41. The minimum absolute atomic E-state index is 0.0739. The number of carbonyl (C=O) groups is 1. The van der Waals surface area contributed by atoms with Crippen molar-refractivity contribution in [1.29, 1.82) is 0 Å². The van der Waals surface area contributed by atoms with Gasteiger partial charge >= 0.3 is 0 Å². The van der Waals surface area contributed by atoms with Gasteiger partial charge in [0.15, 0.2) is 17.3 Å². The molecule has 0 aliphatic heterocycles. The lowest BCUT2D eigenvalue weighted by molar-refractivity contribution is 0.0960. The number of ketones is 1. The smallest absolute Gasteiger partial charge is 0.186 e. The van der Waals surface area contributed by atoms with Gasteiger partial charge in [0.1, 0.15) is 11.4 Å². The monoisotopic (exact) mass is 227 g/mol. The van der Waals surface area contributed by atoms with E-state index < -0.39 is 17.6 Å². The van der Waals surface area contributed by atoms with Crippen LogP contribution in [-0.2, 0) is 0 Å². The van der Waals surface area contributed by atoms with Gasteiger partial charge in [0.2, 0.25) is 0 Å². The maximum absolute atomic E-state index is 13.6. The van der Waals surface area contributed by atoms with Crippen LogP contribution in [0.25, 0.3) is 0 Å². The summed E-state index contributed by atoms with van der Waals surface area (Å²) < 4.78 is 23.5. The average molecular weight is 227 g/mol. The lowest BCUT2D eigenvalue weighted by atomic mass is 10.0. The summed E-state index contributed by atoms with van der Waals surface area (Å²) in [7, 11) is 2.76. The summed E-state index contributed by atoms with van der Waals surface area (Å²) in [4.78, 5) is 11.7. The normalized spacial score (nSPS) is 12.1. The van der Waals surface area contributed by atoms with Crippen molar-refractivity contribution in [2.75, 3.05) is 14.2 Å². The third kappa shape index (κ3) is 2.14. The van der Waals surface area contributed by atoms with E-state index in [0.717, 1.165) is 6.07 Å². The first-order valence-corrected chi connectivity index (χ1v) is 4.73. The Morgan fingerprint density at radius 3 is 2.44 bits per heavy atom. The molecule has 0 aliphatic rings. The third-order valence-electron chi connectivity index (χ3n) is 2.15. The molecule has 2 N–H and O–H groups in total. The van der Waals surface area contributed by atoms with Crippen LogP contribution in [0.5, 0.6) is 11.5 Å². The maximum Gasteiger partial charge on any atom is 0.186 e. The molecule has 0 saturated carbocycles. The van der Waals surface area contributed by atoms with Crippen LogP contribution in [0.4, 0.5) is 4.39 Å². The quantitative estimate of drug-likeness (QED) is 0.789. The predicted octanol–water partition coefficient (Wildman–Crippen LogP) is 1.37. The molecule has 1 aromatic rings. The number of benzene rings is 1. The van der Waals surface area contributed by atoms with Crippen molar-refractivity contribution >= 4 is 5.78 Å². The molecule has 1 unspecified atom stereocenters. The van der Waals surface area contributed by atoms with Crippen molar-refractivity contribution in [2.24, 2.45) is 5.73 Å². The second-order valence-electron chi connectivity index (χ2n) is 3.31. The van der Waals surface area contributed by atoms with Crippen LogP contribution in [0.3, 0.4) is 0 Å². The maximum atomic E-state index is 13.6. The van der Waals surface area contributed by atoms with Gasteiger partial charge in [-0.3, -0.25) is 4.79 Å². The molecule has 5 heteroatoms. The lowest BCUT2D eigenvalue weighted by Gasteiger charge is -2.13. The Morgan fingerprint density at radius 1 is 1.38 bits per heavy atom. The fourth-order valence-corrected chi connectivity index (χ4v) is 1.36. The second kappa shape index (κ2) is 4.94. The van der Waals surface area contributed by atoms with Gasteiger partial charge in [0.25, 0.3) is 0 Å². The van der Waals surface area contributed by atoms with E-state index in [1.165, 1.54) is 27.2 Å². The van der Waals surface area contributed by atoms with Crippen LogP contribution in [0.2, 0.25) is 0 Å². The minimum Gasteiger partial charge on any atom is -0.493 e. The van der Waals surface area contributed by atoms with Crippen LogP contribution in [0.1, 0.15) is 17.3 Å².